The zero-order chi connectivity index (χ0) is 14.7. The van der Waals surface area contributed by atoms with Gasteiger partial charge in [-0.3, -0.25) is 4.79 Å². The van der Waals surface area contributed by atoms with Gasteiger partial charge in [-0.2, -0.15) is 0 Å². The highest BCUT2D eigenvalue weighted by Gasteiger charge is 2.17. The Morgan fingerprint density at radius 1 is 1.25 bits per heavy atom. The molecule has 2 rings (SSSR count). The number of aliphatic carboxylic acids is 1. The lowest BCUT2D eigenvalue weighted by atomic mass is 10.1. The van der Waals surface area contributed by atoms with Gasteiger partial charge in [0.25, 0.3) is 0 Å². The predicted octanol–water partition coefficient (Wildman–Crippen LogP) is 3.50. The SMILES string of the molecule is O=C(O)COc1c(Br)cc(C(=O)c2ccco2)cc1Br. The number of furan rings is 1. The fourth-order valence-corrected chi connectivity index (χ4v) is 2.93. The third kappa shape index (κ3) is 3.29. The molecule has 0 saturated carbocycles. The highest BCUT2D eigenvalue weighted by molar-refractivity contribution is 9.11. The van der Waals surface area contributed by atoms with Crippen molar-refractivity contribution in [1.29, 1.82) is 0 Å². The number of halogens is 2. The van der Waals surface area contributed by atoms with Gasteiger partial charge in [0.15, 0.2) is 12.4 Å². The lowest BCUT2D eigenvalue weighted by molar-refractivity contribution is -0.139. The number of ether oxygens (including phenoxy) is 1. The summed E-state index contributed by atoms with van der Waals surface area (Å²) in [6.07, 6.45) is 1.42. The summed E-state index contributed by atoms with van der Waals surface area (Å²) in [6, 6.07) is 6.29. The zero-order valence-electron chi connectivity index (χ0n) is 9.93. The van der Waals surface area contributed by atoms with Crippen molar-refractivity contribution in [3.63, 3.8) is 0 Å². The number of ketones is 1. The van der Waals surface area contributed by atoms with Crippen LogP contribution >= 0.6 is 31.9 Å². The Morgan fingerprint density at radius 2 is 1.90 bits per heavy atom. The monoisotopic (exact) mass is 402 g/mol. The maximum atomic E-state index is 12.1. The number of carbonyl (C=O) groups excluding carboxylic acids is 1. The Kier molecular flexibility index (Phi) is 4.61. The molecule has 20 heavy (non-hydrogen) atoms. The molecule has 2 aromatic rings. The number of carbonyl (C=O) groups is 2. The third-order valence-electron chi connectivity index (χ3n) is 2.35. The highest BCUT2D eigenvalue weighted by atomic mass is 79.9. The normalized spacial score (nSPS) is 10.3. The van der Waals surface area contributed by atoms with Crippen molar-refractivity contribution in [2.24, 2.45) is 0 Å². The Balaban J connectivity index is 2.30. The first-order valence-corrected chi connectivity index (χ1v) is 6.99. The van der Waals surface area contributed by atoms with Crippen LogP contribution in [0.2, 0.25) is 0 Å². The molecule has 1 N–H and O–H groups in total. The Bertz CT molecular complexity index is 626. The van der Waals surface area contributed by atoms with Gasteiger partial charge < -0.3 is 14.3 Å². The van der Waals surface area contributed by atoms with Gasteiger partial charge in [-0.1, -0.05) is 0 Å². The predicted molar refractivity (Wildman–Crippen MR) is 77.1 cm³/mol. The Hall–Kier alpha value is -1.60. The van der Waals surface area contributed by atoms with Crippen LogP contribution in [0, 0.1) is 0 Å². The second-order valence-corrected chi connectivity index (χ2v) is 5.47. The summed E-state index contributed by atoms with van der Waals surface area (Å²) in [5, 5.41) is 8.60. The van der Waals surface area contributed by atoms with Crippen molar-refractivity contribution in [2.45, 2.75) is 0 Å². The summed E-state index contributed by atoms with van der Waals surface area (Å²) in [4.78, 5) is 22.6. The molecule has 0 fully saturated rings. The van der Waals surface area contributed by atoms with E-state index in [4.69, 9.17) is 14.3 Å². The number of carboxylic acids is 1. The Morgan fingerprint density at radius 3 is 2.40 bits per heavy atom. The van der Waals surface area contributed by atoms with Crippen LogP contribution in [-0.4, -0.2) is 23.5 Å². The highest BCUT2D eigenvalue weighted by Crippen LogP contribution is 2.35. The van der Waals surface area contributed by atoms with E-state index in [-0.39, 0.29) is 11.5 Å². The van der Waals surface area contributed by atoms with Gasteiger partial charge in [0, 0.05) is 5.56 Å². The van der Waals surface area contributed by atoms with E-state index in [1.54, 1.807) is 24.3 Å². The molecular formula is C13H8Br2O5. The summed E-state index contributed by atoms with van der Waals surface area (Å²) in [5.74, 6) is -0.813. The molecular weight excluding hydrogens is 396 g/mol. The van der Waals surface area contributed by atoms with Gasteiger partial charge in [-0.15, -0.1) is 0 Å². The molecule has 0 aliphatic rings. The van der Waals surface area contributed by atoms with E-state index in [2.05, 4.69) is 31.9 Å². The first-order chi connectivity index (χ1) is 9.49. The number of hydrogen-bond acceptors (Lipinski definition) is 4. The molecule has 0 unspecified atom stereocenters. The number of hydrogen-bond donors (Lipinski definition) is 1. The quantitative estimate of drug-likeness (QED) is 0.773. The summed E-state index contributed by atoms with van der Waals surface area (Å²) in [7, 11) is 0. The summed E-state index contributed by atoms with van der Waals surface area (Å²) in [6.45, 7) is -0.470. The van der Waals surface area contributed by atoms with Crippen LogP contribution in [0.1, 0.15) is 16.1 Å². The van der Waals surface area contributed by atoms with E-state index >= 15 is 0 Å². The maximum absolute atomic E-state index is 12.1. The molecule has 0 spiro atoms. The van der Waals surface area contributed by atoms with Crippen LogP contribution in [0.25, 0.3) is 0 Å². The van der Waals surface area contributed by atoms with Crippen LogP contribution in [-0.2, 0) is 4.79 Å². The average molecular weight is 404 g/mol. The first kappa shape index (κ1) is 14.8. The van der Waals surface area contributed by atoms with Gasteiger partial charge in [0.2, 0.25) is 5.78 Å². The van der Waals surface area contributed by atoms with Crippen LogP contribution < -0.4 is 4.74 Å². The summed E-state index contributed by atoms with van der Waals surface area (Å²) < 4.78 is 11.1. The van der Waals surface area contributed by atoms with Crippen LogP contribution in [0.4, 0.5) is 0 Å². The van der Waals surface area contributed by atoms with E-state index in [0.29, 0.717) is 20.3 Å². The van der Waals surface area contributed by atoms with Crippen molar-refractivity contribution in [1.82, 2.24) is 0 Å². The van der Waals surface area contributed by atoms with E-state index in [1.807, 2.05) is 0 Å². The second kappa shape index (κ2) is 6.23. The minimum Gasteiger partial charge on any atom is -0.480 e. The van der Waals surface area contributed by atoms with E-state index in [1.165, 1.54) is 6.26 Å². The molecule has 0 saturated heterocycles. The molecule has 0 atom stereocenters. The minimum absolute atomic E-state index is 0.225. The summed E-state index contributed by atoms with van der Waals surface area (Å²) >= 11 is 6.50. The van der Waals surface area contributed by atoms with Crippen molar-refractivity contribution in [3.8, 4) is 5.75 Å². The van der Waals surface area contributed by atoms with Gasteiger partial charge in [-0.05, 0) is 56.1 Å². The molecule has 104 valence electrons. The number of rotatable bonds is 5. The average Bonchev–Trinajstić information content (AvgIpc) is 2.90. The fourth-order valence-electron chi connectivity index (χ4n) is 1.51. The molecule has 0 bridgehead atoms. The lowest BCUT2D eigenvalue weighted by Gasteiger charge is -2.10. The molecule has 7 heteroatoms. The van der Waals surface area contributed by atoms with Crippen LogP contribution in [0.5, 0.6) is 5.75 Å². The van der Waals surface area contributed by atoms with Crippen LogP contribution in [0.3, 0.4) is 0 Å². The molecule has 1 aromatic heterocycles. The van der Waals surface area contributed by atoms with E-state index in [0.717, 1.165) is 0 Å². The topological polar surface area (TPSA) is 76.7 Å². The Labute approximate surface area is 130 Å². The van der Waals surface area contributed by atoms with Crippen molar-refractivity contribution in [3.05, 3.63) is 50.8 Å². The van der Waals surface area contributed by atoms with Crippen LogP contribution in [0.15, 0.2) is 43.9 Å². The molecule has 1 heterocycles. The van der Waals surface area contributed by atoms with Crippen molar-refractivity contribution < 1.29 is 23.8 Å². The second-order valence-electron chi connectivity index (χ2n) is 3.76. The molecule has 0 aliphatic heterocycles. The van der Waals surface area contributed by atoms with Gasteiger partial charge >= 0.3 is 5.97 Å². The van der Waals surface area contributed by atoms with E-state index < -0.39 is 12.6 Å². The minimum atomic E-state index is -1.08. The zero-order valence-corrected chi connectivity index (χ0v) is 13.1. The standard InChI is InChI=1S/C13H8Br2O5/c14-8-4-7(12(18)10-2-1-3-19-10)5-9(15)13(8)20-6-11(16)17/h1-5H,6H2,(H,16,17). The van der Waals surface area contributed by atoms with Gasteiger partial charge in [0.05, 0.1) is 15.2 Å². The van der Waals surface area contributed by atoms with Gasteiger partial charge in [-0.25, -0.2) is 4.79 Å². The largest absolute Gasteiger partial charge is 0.480 e. The van der Waals surface area contributed by atoms with Gasteiger partial charge in [0.1, 0.15) is 5.75 Å². The molecule has 1 aromatic carbocycles. The third-order valence-corrected chi connectivity index (χ3v) is 3.52. The summed E-state index contributed by atoms with van der Waals surface area (Å²) in [5.41, 5.74) is 0.390. The lowest BCUT2D eigenvalue weighted by Crippen LogP contribution is -2.10. The maximum Gasteiger partial charge on any atom is 0.341 e. The molecule has 0 aliphatic carbocycles. The molecule has 5 nitrogen and oxygen atoms in total. The smallest absolute Gasteiger partial charge is 0.341 e. The number of carboxylic acid groups (broad SMARTS) is 1. The van der Waals surface area contributed by atoms with E-state index in [9.17, 15) is 9.59 Å². The molecule has 0 radical (unpaired) electrons. The van der Waals surface area contributed by atoms with Crippen molar-refractivity contribution >= 4 is 43.6 Å². The molecule has 0 amide bonds. The number of benzene rings is 1. The first-order valence-electron chi connectivity index (χ1n) is 5.41. The van der Waals surface area contributed by atoms with Crippen molar-refractivity contribution in [2.75, 3.05) is 6.61 Å². The fraction of sp³-hybridized carbons (Fsp3) is 0.0769.